The van der Waals surface area contributed by atoms with Crippen LogP contribution in [-0.4, -0.2) is 33.1 Å². The van der Waals surface area contributed by atoms with E-state index in [1.807, 2.05) is 0 Å². The fourth-order valence-corrected chi connectivity index (χ4v) is 1.31. The van der Waals surface area contributed by atoms with Crippen LogP contribution in [0.15, 0.2) is 18.5 Å². The summed E-state index contributed by atoms with van der Waals surface area (Å²) in [5.74, 6) is -2.27. The van der Waals surface area contributed by atoms with Gasteiger partial charge in [-0.15, -0.1) is 0 Å². The van der Waals surface area contributed by atoms with Gasteiger partial charge in [0.2, 0.25) is 0 Å². The third kappa shape index (κ3) is 3.17. The zero-order valence-electron chi connectivity index (χ0n) is 9.54. The number of nitrogens with zero attached hydrogens (tertiary/aromatic N) is 1. The molecule has 0 aliphatic heterocycles. The van der Waals surface area contributed by atoms with Crippen molar-refractivity contribution >= 4 is 11.9 Å². The van der Waals surface area contributed by atoms with E-state index in [1.165, 1.54) is 12.3 Å². The van der Waals surface area contributed by atoms with Crippen LogP contribution in [0.2, 0.25) is 0 Å². The lowest BCUT2D eigenvalue weighted by molar-refractivity contribution is -0.140. The Morgan fingerprint density at radius 2 is 2.06 bits per heavy atom. The maximum Gasteiger partial charge on any atom is 0.326 e. The number of nitrogens with one attached hydrogen (secondary N) is 1. The molecule has 0 spiro atoms. The Bertz CT molecular complexity index is 431. The van der Waals surface area contributed by atoms with Crippen molar-refractivity contribution in [3.8, 4) is 5.75 Å². The normalized spacial score (nSPS) is 12.2. The van der Waals surface area contributed by atoms with Crippen molar-refractivity contribution in [2.75, 3.05) is 0 Å². The van der Waals surface area contributed by atoms with Crippen LogP contribution in [-0.2, 0) is 4.79 Å². The fraction of sp³-hybridized carbons (Fsp3) is 0.364. The number of carbonyl (C=O) groups excluding carboxylic acids is 1. The number of aromatic nitrogens is 1. The molecule has 0 fully saturated rings. The van der Waals surface area contributed by atoms with Crippen molar-refractivity contribution in [1.29, 1.82) is 0 Å². The molecule has 1 aromatic heterocycles. The Balaban J connectivity index is 2.85. The van der Waals surface area contributed by atoms with Gasteiger partial charge in [0, 0.05) is 6.20 Å². The highest BCUT2D eigenvalue weighted by molar-refractivity contribution is 5.98. The second-order valence-corrected chi connectivity index (χ2v) is 3.93. The van der Waals surface area contributed by atoms with E-state index in [4.69, 9.17) is 5.11 Å². The molecule has 1 amide bonds. The van der Waals surface area contributed by atoms with E-state index in [0.717, 1.165) is 6.20 Å². The first-order chi connectivity index (χ1) is 7.93. The quantitative estimate of drug-likeness (QED) is 0.714. The summed E-state index contributed by atoms with van der Waals surface area (Å²) < 4.78 is 0. The fourth-order valence-electron chi connectivity index (χ4n) is 1.31. The van der Waals surface area contributed by atoms with Crippen molar-refractivity contribution in [2.45, 2.75) is 19.9 Å². The molecule has 1 aromatic rings. The molecule has 0 unspecified atom stereocenters. The molecule has 92 valence electrons. The second kappa shape index (κ2) is 5.29. The molecule has 17 heavy (non-hydrogen) atoms. The second-order valence-electron chi connectivity index (χ2n) is 3.93. The summed E-state index contributed by atoms with van der Waals surface area (Å²) >= 11 is 0. The highest BCUT2D eigenvalue weighted by atomic mass is 16.4. The molecule has 1 heterocycles. The molecule has 6 heteroatoms. The molecule has 0 aromatic carbocycles. The molecule has 1 atom stereocenters. The number of carboxylic acid groups (broad SMARTS) is 1. The lowest BCUT2D eigenvalue weighted by atomic mass is 10.0. The number of aliphatic carboxylic acids is 1. The Morgan fingerprint density at radius 1 is 1.41 bits per heavy atom. The Hall–Kier alpha value is -2.11. The van der Waals surface area contributed by atoms with Gasteiger partial charge in [0.25, 0.3) is 5.91 Å². The molecule has 0 aliphatic carbocycles. The maximum absolute atomic E-state index is 11.7. The van der Waals surface area contributed by atoms with E-state index >= 15 is 0 Å². The Morgan fingerprint density at radius 3 is 2.53 bits per heavy atom. The summed E-state index contributed by atoms with van der Waals surface area (Å²) in [6.45, 7) is 3.37. The SMILES string of the molecule is CC(C)[C@@H](NC(=O)c1ccncc1O)C(=O)O. The number of amides is 1. The Kier molecular flexibility index (Phi) is 4.03. The van der Waals surface area contributed by atoms with Crippen LogP contribution >= 0.6 is 0 Å². The third-order valence-corrected chi connectivity index (χ3v) is 2.26. The van der Waals surface area contributed by atoms with Gasteiger partial charge in [0.05, 0.1) is 11.8 Å². The molecule has 0 saturated carbocycles. The number of rotatable bonds is 4. The van der Waals surface area contributed by atoms with E-state index in [2.05, 4.69) is 10.3 Å². The molecule has 6 nitrogen and oxygen atoms in total. The number of pyridine rings is 1. The number of carbonyl (C=O) groups is 2. The number of carboxylic acids is 1. The van der Waals surface area contributed by atoms with Crippen LogP contribution in [0, 0.1) is 5.92 Å². The largest absolute Gasteiger partial charge is 0.505 e. The predicted molar refractivity (Wildman–Crippen MR) is 59.6 cm³/mol. The summed E-state index contributed by atoms with van der Waals surface area (Å²) in [4.78, 5) is 26.3. The average molecular weight is 238 g/mol. The monoisotopic (exact) mass is 238 g/mol. The van der Waals surface area contributed by atoms with Crippen LogP contribution in [0.25, 0.3) is 0 Å². The molecule has 0 saturated heterocycles. The standard InChI is InChI=1S/C11H14N2O4/c1-6(2)9(11(16)17)13-10(15)7-3-4-12-5-8(7)14/h3-6,9,14H,1-2H3,(H,13,15)(H,16,17)/t9-/m1/s1. The van der Waals surface area contributed by atoms with Crippen molar-refractivity contribution < 1.29 is 19.8 Å². The lowest BCUT2D eigenvalue weighted by Crippen LogP contribution is -2.44. The molecular formula is C11H14N2O4. The van der Waals surface area contributed by atoms with Gasteiger partial charge in [-0.25, -0.2) is 4.79 Å². The summed E-state index contributed by atoms with van der Waals surface area (Å²) in [6.07, 6.45) is 2.47. The number of hydrogen-bond donors (Lipinski definition) is 3. The highest BCUT2D eigenvalue weighted by Gasteiger charge is 2.24. The number of hydrogen-bond acceptors (Lipinski definition) is 4. The third-order valence-electron chi connectivity index (χ3n) is 2.26. The zero-order chi connectivity index (χ0) is 13.0. The van der Waals surface area contributed by atoms with Crippen molar-refractivity contribution in [3.05, 3.63) is 24.0 Å². The van der Waals surface area contributed by atoms with Crippen molar-refractivity contribution in [3.63, 3.8) is 0 Å². The summed E-state index contributed by atoms with van der Waals surface area (Å²) in [6, 6.07) is 0.333. The van der Waals surface area contributed by atoms with Crippen LogP contribution in [0.1, 0.15) is 24.2 Å². The van der Waals surface area contributed by atoms with E-state index < -0.39 is 17.9 Å². The molecular weight excluding hydrogens is 224 g/mol. The highest BCUT2D eigenvalue weighted by Crippen LogP contribution is 2.14. The van der Waals surface area contributed by atoms with Gasteiger partial charge in [-0.1, -0.05) is 13.8 Å². The van der Waals surface area contributed by atoms with Gasteiger partial charge in [0.15, 0.2) is 0 Å². The van der Waals surface area contributed by atoms with Crippen LogP contribution in [0.4, 0.5) is 0 Å². The topological polar surface area (TPSA) is 99.5 Å². The summed E-state index contributed by atoms with van der Waals surface area (Å²) in [7, 11) is 0. The van der Waals surface area contributed by atoms with Gasteiger partial charge in [-0.3, -0.25) is 9.78 Å². The average Bonchev–Trinajstić information content (AvgIpc) is 2.25. The van der Waals surface area contributed by atoms with Crippen molar-refractivity contribution in [1.82, 2.24) is 10.3 Å². The van der Waals surface area contributed by atoms with Gasteiger partial charge >= 0.3 is 5.97 Å². The molecule has 0 bridgehead atoms. The first-order valence-electron chi connectivity index (χ1n) is 5.10. The van der Waals surface area contributed by atoms with Crippen LogP contribution < -0.4 is 5.32 Å². The summed E-state index contributed by atoms with van der Waals surface area (Å²) in [5, 5.41) is 20.7. The van der Waals surface area contributed by atoms with Gasteiger partial charge in [0.1, 0.15) is 11.8 Å². The van der Waals surface area contributed by atoms with Crippen LogP contribution in [0.5, 0.6) is 5.75 Å². The van der Waals surface area contributed by atoms with E-state index in [0.29, 0.717) is 0 Å². The first kappa shape index (κ1) is 13.0. The Labute approximate surface area is 98.3 Å². The van der Waals surface area contributed by atoms with E-state index in [9.17, 15) is 14.7 Å². The van der Waals surface area contributed by atoms with E-state index in [1.54, 1.807) is 13.8 Å². The minimum Gasteiger partial charge on any atom is -0.505 e. The van der Waals surface area contributed by atoms with Gasteiger partial charge in [-0.2, -0.15) is 0 Å². The number of aromatic hydroxyl groups is 1. The molecule has 1 rings (SSSR count). The molecule has 0 radical (unpaired) electrons. The predicted octanol–water partition coefficient (Wildman–Crippen LogP) is 0.626. The van der Waals surface area contributed by atoms with Crippen molar-refractivity contribution in [2.24, 2.45) is 5.92 Å². The minimum absolute atomic E-state index is 0.00639. The lowest BCUT2D eigenvalue weighted by Gasteiger charge is -2.17. The summed E-state index contributed by atoms with van der Waals surface area (Å²) in [5.41, 5.74) is 0.00639. The molecule has 0 aliphatic rings. The minimum atomic E-state index is -1.11. The molecule has 3 N–H and O–H groups in total. The van der Waals surface area contributed by atoms with Crippen LogP contribution in [0.3, 0.4) is 0 Å². The van der Waals surface area contributed by atoms with Gasteiger partial charge in [-0.05, 0) is 12.0 Å². The first-order valence-corrected chi connectivity index (χ1v) is 5.10. The van der Waals surface area contributed by atoms with Gasteiger partial charge < -0.3 is 15.5 Å². The maximum atomic E-state index is 11.7. The van der Waals surface area contributed by atoms with E-state index in [-0.39, 0.29) is 17.2 Å². The zero-order valence-corrected chi connectivity index (χ0v) is 9.54. The smallest absolute Gasteiger partial charge is 0.326 e.